The highest BCUT2D eigenvalue weighted by atomic mass is 32.1. The molecule has 5 heteroatoms. The van der Waals surface area contributed by atoms with E-state index >= 15 is 0 Å². The molecule has 3 heterocycles. The van der Waals surface area contributed by atoms with E-state index in [1.54, 1.807) is 11.3 Å². The number of ether oxygens (including phenoxy) is 2. The SMILES string of the molecule is Cc1ncsc1CN1CCC2(CCOC[C@H]2COCC2CC2)CC1. The molecule has 1 aromatic rings. The maximum absolute atomic E-state index is 6.05. The summed E-state index contributed by atoms with van der Waals surface area (Å²) in [4.78, 5) is 8.44. The van der Waals surface area contributed by atoms with Crippen LogP contribution in [0.3, 0.4) is 0 Å². The van der Waals surface area contributed by atoms with Gasteiger partial charge in [0.1, 0.15) is 0 Å². The van der Waals surface area contributed by atoms with Gasteiger partial charge in [-0.05, 0) is 63.5 Å². The molecule has 2 aliphatic heterocycles. The van der Waals surface area contributed by atoms with E-state index in [9.17, 15) is 0 Å². The van der Waals surface area contributed by atoms with Gasteiger partial charge in [0.15, 0.2) is 0 Å². The normalized spacial score (nSPS) is 27.6. The molecule has 0 aromatic carbocycles. The lowest BCUT2D eigenvalue weighted by molar-refractivity contribution is -0.101. The van der Waals surface area contributed by atoms with E-state index in [0.29, 0.717) is 11.3 Å². The van der Waals surface area contributed by atoms with Gasteiger partial charge in [-0.3, -0.25) is 4.90 Å². The van der Waals surface area contributed by atoms with Crippen LogP contribution in [-0.2, 0) is 16.0 Å². The monoisotopic (exact) mass is 350 g/mol. The van der Waals surface area contributed by atoms with Crippen LogP contribution in [-0.4, -0.2) is 49.4 Å². The number of hydrogen-bond acceptors (Lipinski definition) is 5. The summed E-state index contributed by atoms with van der Waals surface area (Å²) in [5, 5.41) is 0. The zero-order valence-corrected chi connectivity index (χ0v) is 15.7. The van der Waals surface area contributed by atoms with Crippen LogP contribution in [0, 0.1) is 24.2 Å². The van der Waals surface area contributed by atoms with E-state index in [1.807, 2.05) is 5.51 Å². The first-order valence-electron chi connectivity index (χ1n) is 9.52. The predicted octanol–water partition coefficient (Wildman–Crippen LogP) is 3.50. The fraction of sp³-hybridized carbons (Fsp3) is 0.842. The molecule has 1 spiro atoms. The smallest absolute Gasteiger partial charge is 0.0798 e. The molecule has 0 radical (unpaired) electrons. The van der Waals surface area contributed by atoms with Crippen molar-refractivity contribution in [2.24, 2.45) is 17.3 Å². The van der Waals surface area contributed by atoms with E-state index in [4.69, 9.17) is 9.47 Å². The van der Waals surface area contributed by atoms with Gasteiger partial charge in [-0.15, -0.1) is 11.3 Å². The van der Waals surface area contributed by atoms with E-state index in [1.165, 1.54) is 55.8 Å². The van der Waals surface area contributed by atoms with Gasteiger partial charge in [-0.1, -0.05) is 0 Å². The number of likely N-dealkylation sites (tertiary alicyclic amines) is 1. The van der Waals surface area contributed by atoms with Gasteiger partial charge < -0.3 is 9.47 Å². The summed E-state index contributed by atoms with van der Waals surface area (Å²) in [7, 11) is 0. The molecule has 4 nitrogen and oxygen atoms in total. The van der Waals surface area contributed by atoms with E-state index in [-0.39, 0.29) is 0 Å². The van der Waals surface area contributed by atoms with Gasteiger partial charge in [-0.25, -0.2) is 4.98 Å². The molecular formula is C19H30N2O2S. The van der Waals surface area contributed by atoms with Crippen molar-refractivity contribution in [1.29, 1.82) is 0 Å². The third-order valence-electron chi connectivity index (χ3n) is 6.36. The molecule has 134 valence electrons. The van der Waals surface area contributed by atoms with E-state index in [2.05, 4.69) is 16.8 Å². The third kappa shape index (κ3) is 3.85. The van der Waals surface area contributed by atoms with Crippen molar-refractivity contribution in [2.45, 2.75) is 45.6 Å². The predicted molar refractivity (Wildman–Crippen MR) is 96.3 cm³/mol. The molecule has 3 fully saturated rings. The minimum atomic E-state index is 0.459. The molecule has 3 aliphatic rings. The van der Waals surface area contributed by atoms with Gasteiger partial charge >= 0.3 is 0 Å². The third-order valence-corrected chi connectivity index (χ3v) is 7.28. The Morgan fingerprint density at radius 1 is 1.29 bits per heavy atom. The Morgan fingerprint density at radius 3 is 2.83 bits per heavy atom. The standard InChI is InChI=1S/C19H30N2O2S/c1-15-18(24-14-20-15)10-21-7-4-19(5-8-21)6-9-22-12-17(19)13-23-11-16-2-3-16/h14,16-17H,2-13H2,1H3/t17-/m0/s1. The van der Waals surface area contributed by atoms with Crippen LogP contribution in [0.25, 0.3) is 0 Å². The van der Waals surface area contributed by atoms with Crippen molar-refractivity contribution in [3.8, 4) is 0 Å². The number of piperidine rings is 1. The summed E-state index contributed by atoms with van der Waals surface area (Å²) in [5.41, 5.74) is 3.64. The molecule has 0 amide bonds. The zero-order valence-electron chi connectivity index (χ0n) is 14.8. The van der Waals surface area contributed by atoms with Gasteiger partial charge in [0.25, 0.3) is 0 Å². The van der Waals surface area contributed by atoms with Crippen LogP contribution in [0.2, 0.25) is 0 Å². The van der Waals surface area contributed by atoms with E-state index in [0.717, 1.165) is 38.9 Å². The fourth-order valence-corrected chi connectivity index (χ4v) is 5.08. The van der Waals surface area contributed by atoms with Crippen LogP contribution in [0.4, 0.5) is 0 Å². The lowest BCUT2D eigenvalue weighted by Crippen LogP contribution is -2.49. The number of thiazole rings is 1. The van der Waals surface area contributed by atoms with Crippen LogP contribution >= 0.6 is 11.3 Å². The second kappa shape index (κ2) is 7.40. The second-order valence-corrected chi connectivity index (χ2v) is 8.94. The molecule has 0 N–H and O–H groups in total. The van der Waals surface area contributed by atoms with Crippen LogP contribution in [0.1, 0.15) is 42.7 Å². The number of hydrogen-bond donors (Lipinski definition) is 0. The highest BCUT2D eigenvalue weighted by Gasteiger charge is 2.43. The lowest BCUT2D eigenvalue weighted by Gasteiger charge is -2.49. The summed E-state index contributed by atoms with van der Waals surface area (Å²) in [6.45, 7) is 9.33. The Hall–Kier alpha value is -0.490. The van der Waals surface area contributed by atoms with Gasteiger partial charge in [0, 0.05) is 30.6 Å². The Kier molecular flexibility index (Phi) is 5.23. The van der Waals surface area contributed by atoms with Crippen molar-refractivity contribution < 1.29 is 9.47 Å². The quantitative estimate of drug-likeness (QED) is 0.786. The highest BCUT2D eigenvalue weighted by Crippen LogP contribution is 2.45. The van der Waals surface area contributed by atoms with E-state index < -0.39 is 0 Å². The first kappa shape index (κ1) is 17.0. The first-order valence-corrected chi connectivity index (χ1v) is 10.4. The van der Waals surface area contributed by atoms with Crippen LogP contribution in [0.15, 0.2) is 5.51 Å². The van der Waals surface area contributed by atoms with Gasteiger partial charge in [-0.2, -0.15) is 0 Å². The maximum Gasteiger partial charge on any atom is 0.0798 e. The zero-order chi connectivity index (χ0) is 16.4. The Morgan fingerprint density at radius 2 is 2.12 bits per heavy atom. The molecule has 0 bridgehead atoms. The first-order chi connectivity index (χ1) is 11.8. The number of aromatic nitrogens is 1. The largest absolute Gasteiger partial charge is 0.381 e. The molecule has 2 saturated heterocycles. The second-order valence-electron chi connectivity index (χ2n) is 8.00. The summed E-state index contributed by atoms with van der Waals surface area (Å²) < 4.78 is 11.9. The van der Waals surface area contributed by atoms with Crippen LogP contribution < -0.4 is 0 Å². The maximum atomic E-state index is 6.05. The topological polar surface area (TPSA) is 34.6 Å². The van der Waals surface area contributed by atoms with Crippen LogP contribution in [0.5, 0.6) is 0 Å². The molecule has 1 saturated carbocycles. The minimum absolute atomic E-state index is 0.459. The minimum Gasteiger partial charge on any atom is -0.381 e. The van der Waals surface area contributed by atoms with Crippen molar-refractivity contribution in [1.82, 2.24) is 9.88 Å². The van der Waals surface area contributed by atoms with Gasteiger partial charge in [0.05, 0.1) is 24.4 Å². The average Bonchev–Trinajstić information content (AvgIpc) is 3.34. The number of nitrogens with zero attached hydrogens (tertiary/aromatic N) is 2. The fourth-order valence-electron chi connectivity index (χ4n) is 4.26. The molecule has 1 atom stereocenters. The Balaban J connectivity index is 1.31. The molecule has 1 aromatic heterocycles. The molecule has 24 heavy (non-hydrogen) atoms. The molecule has 4 rings (SSSR count). The van der Waals surface area contributed by atoms with Crippen molar-refractivity contribution in [3.63, 3.8) is 0 Å². The van der Waals surface area contributed by atoms with Crippen molar-refractivity contribution in [2.75, 3.05) is 39.5 Å². The number of rotatable bonds is 6. The summed E-state index contributed by atoms with van der Waals surface area (Å²) in [6.07, 6.45) is 6.56. The van der Waals surface area contributed by atoms with Crippen molar-refractivity contribution >= 4 is 11.3 Å². The summed E-state index contributed by atoms with van der Waals surface area (Å²) in [5.74, 6) is 1.45. The molecule has 0 unspecified atom stereocenters. The van der Waals surface area contributed by atoms with Gasteiger partial charge in [0.2, 0.25) is 0 Å². The summed E-state index contributed by atoms with van der Waals surface area (Å²) >= 11 is 1.80. The average molecular weight is 351 g/mol. The summed E-state index contributed by atoms with van der Waals surface area (Å²) in [6, 6.07) is 0. The molecular weight excluding hydrogens is 320 g/mol. The highest BCUT2D eigenvalue weighted by molar-refractivity contribution is 7.09. The lowest BCUT2D eigenvalue weighted by atomic mass is 9.66. The molecule has 1 aliphatic carbocycles. The Bertz CT molecular complexity index is 535. The number of aryl methyl sites for hydroxylation is 1. The van der Waals surface area contributed by atoms with Crippen molar-refractivity contribution in [3.05, 3.63) is 16.1 Å². The Labute approximate surface area is 149 Å².